The van der Waals surface area contributed by atoms with Gasteiger partial charge in [-0.05, 0) is 48.6 Å². The zero-order chi connectivity index (χ0) is 16.0. The first-order valence-corrected chi connectivity index (χ1v) is 9.12. The normalized spacial score (nSPS) is 26.4. The molecule has 4 heteroatoms. The van der Waals surface area contributed by atoms with Gasteiger partial charge in [-0.15, -0.1) is 0 Å². The van der Waals surface area contributed by atoms with E-state index in [1.807, 2.05) is 36.2 Å². The molecule has 2 saturated heterocycles. The number of carbonyl (C=O) groups is 1. The highest BCUT2D eigenvalue weighted by molar-refractivity contribution is 9.10. The fraction of sp³-hybridized carbons (Fsp3) is 0.421. The molecule has 2 fully saturated rings. The average Bonchev–Trinajstić information content (AvgIpc) is 2.90. The molecule has 1 N–H and O–H groups in total. The molecular weight excluding hydrogens is 352 g/mol. The van der Waals surface area contributed by atoms with Crippen LogP contribution < -0.4 is 5.32 Å². The summed E-state index contributed by atoms with van der Waals surface area (Å²) in [6.07, 6.45) is 4.65. The van der Waals surface area contributed by atoms with Crippen molar-refractivity contribution in [3.8, 4) is 0 Å². The Labute approximate surface area is 145 Å². The highest BCUT2D eigenvalue weighted by Gasteiger charge is 2.36. The Hall–Kier alpha value is -1.39. The lowest BCUT2D eigenvalue weighted by Gasteiger charge is -2.35. The first-order chi connectivity index (χ1) is 11.1. The van der Waals surface area contributed by atoms with E-state index in [9.17, 15) is 4.79 Å². The maximum atomic E-state index is 13.1. The molecule has 3 nitrogen and oxygen atoms in total. The fourth-order valence-electron chi connectivity index (χ4n) is 4.15. The highest BCUT2D eigenvalue weighted by atomic mass is 79.9. The summed E-state index contributed by atoms with van der Waals surface area (Å²) in [4.78, 5) is 15.1. The summed E-state index contributed by atoms with van der Waals surface area (Å²) in [6.45, 7) is 0. The second-order valence-electron chi connectivity index (χ2n) is 6.85. The van der Waals surface area contributed by atoms with Crippen molar-refractivity contribution in [2.24, 2.45) is 0 Å². The van der Waals surface area contributed by atoms with Gasteiger partial charge >= 0.3 is 0 Å². The van der Waals surface area contributed by atoms with E-state index in [4.69, 9.17) is 0 Å². The molecule has 2 aromatic carbocycles. The number of halogens is 1. The number of fused-ring (bicyclic) bond motifs is 3. The lowest BCUT2D eigenvalue weighted by Crippen LogP contribution is -2.48. The van der Waals surface area contributed by atoms with Crippen molar-refractivity contribution in [2.75, 3.05) is 7.05 Å². The van der Waals surface area contributed by atoms with E-state index in [0.29, 0.717) is 18.1 Å². The average molecular weight is 373 g/mol. The van der Waals surface area contributed by atoms with Gasteiger partial charge in [-0.3, -0.25) is 4.79 Å². The molecule has 2 unspecified atom stereocenters. The summed E-state index contributed by atoms with van der Waals surface area (Å²) in [5, 5.41) is 5.78. The van der Waals surface area contributed by atoms with E-state index >= 15 is 0 Å². The topological polar surface area (TPSA) is 32.3 Å². The Morgan fingerprint density at radius 2 is 1.87 bits per heavy atom. The lowest BCUT2D eigenvalue weighted by atomic mass is 9.97. The number of piperidine rings is 1. The molecule has 0 saturated carbocycles. The summed E-state index contributed by atoms with van der Waals surface area (Å²) in [5.74, 6) is 0.133. The van der Waals surface area contributed by atoms with Crippen LogP contribution in [0.1, 0.15) is 36.0 Å². The van der Waals surface area contributed by atoms with Crippen LogP contribution in [0.5, 0.6) is 0 Å². The largest absolute Gasteiger partial charge is 0.339 e. The molecule has 2 heterocycles. The molecule has 4 rings (SSSR count). The van der Waals surface area contributed by atoms with Crippen LogP contribution in [0.15, 0.2) is 40.9 Å². The van der Waals surface area contributed by atoms with Crippen molar-refractivity contribution in [2.45, 2.75) is 43.8 Å². The third-order valence-electron chi connectivity index (χ3n) is 5.37. The monoisotopic (exact) mass is 372 g/mol. The van der Waals surface area contributed by atoms with E-state index in [1.165, 1.54) is 12.8 Å². The molecule has 0 aliphatic carbocycles. The smallest absolute Gasteiger partial charge is 0.254 e. The predicted molar refractivity (Wildman–Crippen MR) is 96.7 cm³/mol. The number of hydrogen-bond donors (Lipinski definition) is 1. The van der Waals surface area contributed by atoms with Gasteiger partial charge in [0, 0.05) is 35.2 Å². The summed E-state index contributed by atoms with van der Waals surface area (Å²) in [6, 6.07) is 13.7. The summed E-state index contributed by atoms with van der Waals surface area (Å²) in [7, 11) is 1.97. The van der Waals surface area contributed by atoms with Crippen LogP contribution in [0.4, 0.5) is 0 Å². The van der Waals surface area contributed by atoms with Crippen molar-refractivity contribution in [3.63, 3.8) is 0 Å². The third-order valence-corrected chi connectivity index (χ3v) is 5.83. The number of amides is 1. The van der Waals surface area contributed by atoms with Gasteiger partial charge in [0.25, 0.3) is 5.91 Å². The van der Waals surface area contributed by atoms with Gasteiger partial charge < -0.3 is 10.2 Å². The molecule has 2 atom stereocenters. The van der Waals surface area contributed by atoms with Crippen molar-refractivity contribution >= 4 is 32.6 Å². The number of benzene rings is 2. The van der Waals surface area contributed by atoms with E-state index in [1.54, 1.807) is 0 Å². The van der Waals surface area contributed by atoms with E-state index in [2.05, 4.69) is 33.4 Å². The van der Waals surface area contributed by atoms with Gasteiger partial charge in [-0.25, -0.2) is 0 Å². The molecule has 0 spiro atoms. The molecule has 0 radical (unpaired) electrons. The number of nitrogens with zero attached hydrogens (tertiary/aromatic N) is 1. The Balaban J connectivity index is 1.66. The minimum Gasteiger partial charge on any atom is -0.339 e. The van der Waals surface area contributed by atoms with Crippen LogP contribution in [-0.2, 0) is 0 Å². The Kier molecular flexibility index (Phi) is 3.90. The SMILES string of the molecule is CN(C(=O)c1cc(Br)cc2ccccc12)C1CC2CCC(C1)N2. The van der Waals surface area contributed by atoms with Crippen LogP contribution in [-0.4, -0.2) is 36.0 Å². The molecule has 1 amide bonds. The Morgan fingerprint density at radius 1 is 1.17 bits per heavy atom. The maximum Gasteiger partial charge on any atom is 0.254 e. The number of nitrogens with one attached hydrogen (secondary N) is 1. The number of carbonyl (C=O) groups excluding carboxylic acids is 1. The van der Waals surface area contributed by atoms with Gasteiger partial charge in [0.15, 0.2) is 0 Å². The second kappa shape index (κ2) is 5.91. The molecule has 2 bridgehead atoms. The zero-order valence-electron chi connectivity index (χ0n) is 13.3. The molecular formula is C19H21BrN2O. The van der Waals surface area contributed by atoms with Crippen LogP contribution >= 0.6 is 15.9 Å². The number of hydrogen-bond acceptors (Lipinski definition) is 2. The third kappa shape index (κ3) is 2.79. The molecule has 2 aromatic rings. The van der Waals surface area contributed by atoms with E-state index in [0.717, 1.165) is 33.7 Å². The van der Waals surface area contributed by atoms with Crippen LogP contribution in [0, 0.1) is 0 Å². The standard InChI is InChI=1S/C19H21BrN2O/c1-22(16-10-14-6-7-15(11-16)21-14)19(23)18-9-13(20)8-12-4-2-3-5-17(12)18/h2-5,8-9,14-16,21H,6-7,10-11H2,1H3. The maximum absolute atomic E-state index is 13.1. The van der Waals surface area contributed by atoms with Crippen LogP contribution in [0.2, 0.25) is 0 Å². The van der Waals surface area contributed by atoms with Crippen LogP contribution in [0.25, 0.3) is 10.8 Å². The minimum atomic E-state index is 0.133. The van der Waals surface area contributed by atoms with Gasteiger partial charge in [0.2, 0.25) is 0 Å². The zero-order valence-corrected chi connectivity index (χ0v) is 14.8. The lowest BCUT2D eigenvalue weighted by molar-refractivity contribution is 0.0683. The van der Waals surface area contributed by atoms with Gasteiger partial charge in [-0.2, -0.15) is 0 Å². The molecule has 2 aliphatic rings. The van der Waals surface area contributed by atoms with Gasteiger partial charge in [-0.1, -0.05) is 40.2 Å². The molecule has 23 heavy (non-hydrogen) atoms. The number of rotatable bonds is 2. The van der Waals surface area contributed by atoms with Gasteiger partial charge in [0.1, 0.15) is 0 Å². The fourth-order valence-corrected chi connectivity index (χ4v) is 4.63. The molecule has 2 aliphatic heterocycles. The van der Waals surface area contributed by atoms with Crippen LogP contribution in [0.3, 0.4) is 0 Å². The van der Waals surface area contributed by atoms with Crippen molar-refractivity contribution in [1.82, 2.24) is 10.2 Å². The Bertz CT molecular complexity index is 748. The van der Waals surface area contributed by atoms with E-state index < -0.39 is 0 Å². The van der Waals surface area contributed by atoms with Crippen molar-refractivity contribution in [3.05, 3.63) is 46.4 Å². The highest BCUT2D eigenvalue weighted by Crippen LogP contribution is 2.31. The first kappa shape index (κ1) is 15.2. The Morgan fingerprint density at radius 3 is 2.61 bits per heavy atom. The summed E-state index contributed by atoms with van der Waals surface area (Å²) < 4.78 is 0.957. The summed E-state index contributed by atoms with van der Waals surface area (Å²) >= 11 is 3.55. The first-order valence-electron chi connectivity index (χ1n) is 8.33. The quantitative estimate of drug-likeness (QED) is 0.865. The van der Waals surface area contributed by atoms with Crippen molar-refractivity contribution in [1.29, 1.82) is 0 Å². The van der Waals surface area contributed by atoms with E-state index in [-0.39, 0.29) is 5.91 Å². The summed E-state index contributed by atoms with van der Waals surface area (Å²) in [5.41, 5.74) is 0.795. The minimum absolute atomic E-state index is 0.133. The molecule has 120 valence electrons. The van der Waals surface area contributed by atoms with Gasteiger partial charge in [0.05, 0.1) is 0 Å². The van der Waals surface area contributed by atoms with Crippen molar-refractivity contribution < 1.29 is 4.79 Å². The predicted octanol–water partition coefficient (Wildman–Crippen LogP) is 3.96. The second-order valence-corrected chi connectivity index (χ2v) is 7.77. The molecule has 0 aromatic heterocycles.